The molecule has 0 aliphatic carbocycles. The number of Topliss-reactive ketones (excluding diaryl/α,β-unsaturated/α-hetero) is 1. The van der Waals surface area contributed by atoms with Gasteiger partial charge in [0.2, 0.25) is 0 Å². The molecule has 0 amide bonds. The van der Waals surface area contributed by atoms with Crippen molar-refractivity contribution in [2.24, 2.45) is 0 Å². The summed E-state index contributed by atoms with van der Waals surface area (Å²) in [6.45, 7) is 0. The lowest BCUT2D eigenvalue weighted by atomic mass is 9.94. The van der Waals surface area contributed by atoms with Gasteiger partial charge in [-0.05, 0) is 11.6 Å². The Hall–Kier alpha value is -1.62. The maximum Gasteiger partial charge on any atom is 0.321 e. The SMILES string of the molecule is O=C1CC(C(=O)O)NC(c2cc[nH]c2)C1. The number of carbonyl (C=O) groups is 2. The highest BCUT2D eigenvalue weighted by Gasteiger charge is 2.31. The summed E-state index contributed by atoms with van der Waals surface area (Å²) in [6, 6.07) is 0.902. The molecule has 2 heterocycles. The Bertz CT molecular complexity index is 372. The van der Waals surface area contributed by atoms with Gasteiger partial charge in [0.05, 0.1) is 0 Å². The van der Waals surface area contributed by atoms with Crippen molar-refractivity contribution in [3.63, 3.8) is 0 Å². The van der Waals surface area contributed by atoms with E-state index in [1.807, 2.05) is 6.07 Å². The zero-order chi connectivity index (χ0) is 10.8. The Balaban J connectivity index is 2.14. The Morgan fingerprint density at radius 2 is 2.27 bits per heavy atom. The first-order valence-electron chi connectivity index (χ1n) is 4.80. The molecule has 0 aromatic carbocycles. The molecule has 0 spiro atoms. The summed E-state index contributed by atoms with van der Waals surface area (Å²) < 4.78 is 0. The lowest BCUT2D eigenvalue weighted by Crippen LogP contribution is -2.45. The average molecular weight is 208 g/mol. The van der Waals surface area contributed by atoms with E-state index in [1.54, 1.807) is 12.4 Å². The second kappa shape index (κ2) is 3.86. The van der Waals surface area contributed by atoms with E-state index in [0.29, 0.717) is 6.42 Å². The number of carboxylic acid groups (broad SMARTS) is 1. The number of hydrogen-bond donors (Lipinski definition) is 3. The molecular weight excluding hydrogens is 196 g/mol. The quantitative estimate of drug-likeness (QED) is 0.659. The third-order valence-electron chi connectivity index (χ3n) is 2.59. The van der Waals surface area contributed by atoms with E-state index in [4.69, 9.17) is 5.11 Å². The fourth-order valence-corrected chi connectivity index (χ4v) is 1.83. The summed E-state index contributed by atoms with van der Waals surface area (Å²) in [5, 5.41) is 11.8. The number of aliphatic carboxylic acids is 1. The van der Waals surface area contributed by atoms with Gasteiger partial charge in [-0.2, -0.15) is 0 Å². The maximum absolute atomic E-state index is 11.4. The van der Waals surface area contributed by atoms with Crippen molar-refractivity contribution in [2.75, 3.05) is 0 Å². The Labute approximate surface area is 86.5 Å². The van der Waals surface area contributed by atoms with Gasteiger partial charge in [-0.25, -0.2) is 0 Å². The fraction of sp³-hybridized carbons (Fsp3) is 0.400. The van der Waals surface area contributed by atoms with Crippen LogP contribution in [0.3, 0.4) is 0 Å². The molecule has 2 atom stereocenters. The van der Waals surface area contributed by atoms with Gasteiger partial charge in [0.25, 0.3) is 0 Å². The number of carboxylic acids is 1. The summed E-state index contributed by atoms with van der Waals surface area (Å²) in [5.74, 6) is -0.976. The molecule has 1 aliphatic heterocycles. The van der Waals surface area contributed by atoms with Crippen LogP contribution in [0.15, 0.2) is 18.5 Å². The fourth-order valence-electron chi connectivity index (χ4n) is 1.83. The van der Waals surface area contributed by atoms with Crippen LogP contribution in [-0.4, -0.2) is 27.9 Å². The Kier molecular flexibility index (Phi) is 2.55. The highest BCUT2D eigenvalue weighted by molar-refractivity contribution is 5.87. The van der Waals surface area contributed by atoms with Crippen LogP contribution >= 0.6 is 0 Å². The number of aromatic nitrogens is 1. The van der Waals surface area contributed by atoms with Crippen LogP contribution in [0.2, 0.25) is 0 Å². The Morgan fingerprint density at radius 1 is 1.47 bits per heavy atom. The van der Waals surface area contributed by atoms with Crippen molar-refractivity contribution < 1.29 is 14.7 Å². The van der Waals surface area contributed by atoms with Crippen molar-refractivity contribution >= 4 is 11.8 Å². The van der Waals surface area contributed by atoms with Gasteiger partial charge in [-0.1, -0.05) is 0 Å². The Morgan fingerprint density at radius 3 is 2.87 bits per heavy atom. The minimum absolute atomic E-state index is 0.00708. The molecule has 2 rings (SSSR count). The van der Waals surface area contributed by atoms with Crippen LogP contribution in [0.25, 0.3) is 0 Å². The van der Waals surface area contributed by atoms with Crippen molar-refractivity contribution in [3.8, 4) is 0 Å². The van der Waals surface area contributed by atoms with Crippen molar-refractivity contribution in [2.45, 2.75) is 24.9 Å². The smallest absolute Gasteiger partial charge is 0.321 e. The molecule has 5 heteroatoms. The van der Waals surface area contributed by atoms with Gasteiger partial charge in [-0.15, -0.1) is 0 Å². The number of ketones is 1. The van der Waals surface area contributed by atoms with Gasteiger partial charge in [0, 0.05) is 31.3 Å². The molecule has 1 saturated heterocycles. The van der Waals surface area contributed by atoms with Crippen molar-refractivity contribution in [1.82, 2.24) is 10.3 Å². The van der Waals surface area contributed by atoms with Gasteiger partial charge in [-0.3, -0.25) is 14.9 Å². The second-order valence-electron chi connectivity index (χ2n) is 3.70. The molecule has 5 nitrogen and oxygen atoms in total. The van der Waals surface area contributed by atoms with E-state index in [1.165, 1.54) is 0 Å². The summed E-state index contributed by atoms with van der Waals surface area (Å²) in [7, 11) is 0. The normalized spacial score (nSPS) is 26.5. The summed E-state index contributed by atoms with van der Waals surface area (Å²) >= 11 is 0. The number of aromatic amines is 1. The van der Waals surface area contributed by atoms with Crippen LogP contribution in [-0.2, 0) is 9.59 Å². The number of rotatable bonds is 2. The first-order chi connectivity index (χ1) is 7.16. The molecule has 3 N–H and O–H groups in total. The zero-order valence-corrected chi connectivity index (χ0v) is 8.06. The summed E-state index contributed by atoms with van der Waals surface area (Å²) in [5.41, 5.74) is 0.925. The molecule has 15 heavy (non-hydrogen) atoms. The molecular formula is C10H12N2O3. The van der Waals surface area contributed by atoms with Gasteiger partial charge < -0.3 is 10.1 Å². The molecule has 0 bridgehead atoms. The van der Waals surface area contributed by atoms with E-state index in [2.05, 4.69) is 10.3 Å². The molecule has 2 unspecified atom stereocenters. The predicted molar refractivity (Wildman–Crippen MR) is 52.3 cm³/mol. The highest BCUT2D eigenvalue weighted by Crippen LogP contribution is 2.23. The molecule has 0 radical (unpaired) electrons. The maximum atomic E-state index is 11.4. The first-order valence-corrected chi connectivity index (χ1v) is 4.80. The number of hydrogen-bond acceptors (Lipinski definition) is 3. The molecule has 80 valence electrons. The summed E-state index contributed by atoms with van der Waals surface area (Å²) in [4.78, 5) is 25.0. The van der Waals surface area contributed by atoms with Crippen LogP contribution < -0.4 is 5.32 Å². The molecule has 1 aromatic heterocycles. The van der Waals surface area contributed by atoms with E-state index >= 15 is 0 Å². The average Bonchev–Trinajstić information content (AvgIpc) is 2.69. The largest absolute Gasteiger partial charge is 0.480 e. The number of carbonyl (C=O) groups excluding carboxylic acids is 1. The topological polar surface area (TPSA) is 82.2 Å². The molecule has 1 aliphatic rings. The lowest BCUT2D eigenvalue weighted by Gasteiger charge is -2.27. The van der Waals surface area contributed by atoms with Crippen LogP contribution in [0.1, 0.15) is 24.4 Å². The van der Waals surface area contributed by atoms with Crippen LogP contribution in [0.5, 0.6) is 0 Å². The van der Waals surface area contributed by atoms with Gasteiger partial charge in [0.15, 0.2) is 0 Å². The summed E-state index contributed by atoms with van der Waals surface area (Å²) in [6.07, 6.45) is 3.97. The molecule has 1 aromatic rings. The van der Waals surface area contributed by atoms with E-state index in [9.17, 15) is 9.59 Å². The van der Waals surface area contributed by atoms with Gasteiger partial charge in [0.1, 0.15) is 11.8 Å². The first kappa shape index (κ1) is 9.92. The van der Waals surface area contributed by atoms with E-state index < -0.39 is 12.0 Å². The highest BCUT2D eigenvalue weighted by atomic mass is 16.4. The number of nitrogens with one attached hydrogen (secondary N) is 2. The second-order valence-corrected chi connectivity index (χ2v) is 3.70. The lowest BCUT2D eigenvalue weighted by molar-refractivity contribution is -0.143. The number of H-pyrrole nitrogens is 1. The van der Waals surface area contributed by atoms with E-state index in [0.717, 1.165) is 5.56 Å². The van der Waals surface area contributed by atoms with Crippen molar-refractivity contribution in [1.29, 1.82) is 0 Å². The predicted octanol–water partition coefficient (Wildman–Crippen LogP) is 0.461. The number of piperidine rings is 1. The third kappa shape index (κ3) is 2.07. The standard InChI is InChI=1S/C10H12N2O3/c13-7-3-8(6-1-2-11-5-6)12-9(4-7)10(14)15/h1-2,5,8-9,11-12H,3-4H2,(H,14,15). The van der Waals surface area contributed by atoms with E-state index in [-0.39, 0.29) is 18.2 Å². The monoisotopic (exact) mass is 208 g/mol. The van der Waals surface area contributed by atoms with Crippen molar-refractivity contribution in [3.05, 3.63) is 24.0 Å². The zero-order valence-electron chi connectivity index (χ0n) is 8.06. The molecule has 0 saturated carbocycles. The minimum Gasteiger partial charge on any atom is -0.480 e. The van der Waals surface area contributed by atoms with Crippen LogP contribution in [0, 0.1) is 0 Å². The minimum atomic E-state index is -0.969. The van der Waals surface area contributed by atoms with Gasteiger partial charge >= 0.3 is 5.97 Å². The molecule has 1 fully saturated rings. The van der Waals surface area contributed by atoms with Crippen LogP contribution in [0.4, 0.5) is 0 Å². The third-order valence-corrected chi connectivity index (χ3v) is 2.59.